The zero-order valence-electron chi connectivity index (χ0n) is 11.2. The number of nitrogens with two attached hydrogens (primary N) is 1. The van der Waals surface area contributed by atoms with E-state index in [2.05, 4.69) is 5.32 Å². The van der Waals surface area contributed by atoms with Gasteiger partial charge in [-0.3, -0.25) is 4.79 Å². The van der Waals surface area contributed by atoms with Gasteiger partial charge in [0.25, 0.3) is 5.91 Å². The molecular weight excluding hydrogens is 244 g/mol. The third-order valence-corrected chi connectivity index (χ3v) is 4.10. The van der Waals surface area contributed by atoms with E-state index in [-0.39, 0.29) is 23.5 Å². The number of hydrogen-bond donors (Lipinski definition) is 2. The first-order valence-electron chi connectivity index (χ1n) is 6.36. The van der Waals surface area contributed by atoms with Crippen LogP contribution in [0.1, 0.15) is 19.4 Å². The number of anilines is 1. The second kappa shape index (κ2) is 3.95. The molecular formula is C14H18N2O3. The molecule has 2 aliphatic rings. The highest BCUT2D eigenvalue weighted by atomic mass is 16.5. The van der Waals surface area contributed by atoms with Gasteiger partial charge in [-0.15, -0.1) is 0 Å². The summed E-state index contributed by atoms with van der Waals surface area (Å²) in [6.45, 7) is 5.28. The van der Waals surface area contributed by atoms with E-state index in [4.69, 9.17) is 15.2 Å². The Morgan fingerprint density at radius 2 is 2.11 bits per heavy atom. The van der Waals surface area contributed by atoms with Gasteiger partial charge in [0.1, 0.15) is 5.75 Å². The number of fused-ring (bicyclic) bond motifs is 1. The minimum Gasteiger partial charge on any atom is -0.482 e. The van der Waals surface area contributed by atoms with Gasteiger partial charge in [0.05, 0.1) is 24.3 Å². The number of ether oxygens (including phenoxy) is 2. The molecule has 0 aromatic heterocycles. The molecule has 102 valence electrons. The lowest BCUT2D eigenvalue weighted by atomic mass is 9.65. The van der Waals surface area contributed by atoms with Crippen LogP contribution in [-0.4, -0.2) is 31.3 Å². The van der Waals surface area contributed by atoms with E-state index in [0.29, 0.717) is 24.7 Å². The summed E-state index contributed by atoms with van der Waals surface area (Å²) in [5.41, 5.74) is 7.51. The molecule has 1 fully saturated rings. The Morgan fingerprint density at radius 3 is 2.68 bits per heavy atom. The summed E-state index contributed by atoms with van der Waals surface area (Å²) in [5, 5.41) is 2.83. The van der Waals surface area contributed by atoms with Gasteiger partial charge in [-0.2, -0.15) is 0 Å². The van der Waals surface area contributed by atoms with E-state index in [9.17, 15) is 4.79 Å². The molecule has 0 unspecified atom stereocenters. The van der Waals surface area contributed by atoms with Crippen molar-refractivity contribution in [1.29, 1.82) is 0 Å². The largest absolute Gasteiger partial charge is 0.482 e. The van der Waals surface area contributed by atoms with E-state index in [1.807, 2.05) is 32.0 Å². The summed E-state index contributed by atoms with van der Waals surface area (Å²) in [7, 11) is 0. The van der Waals surface area contributed by atoms with Crippen LogP contribution in [0.3, 0.4) is 0 Å². The lowest BCUT2D eigenvalue weighted by molar-refractivity contribution is -0.118. The van der Waals surface area contributed by atoms with E-state index in [1.54, 1.807) is 0 Å². The van der Waals surface area contributed by atoms with Gasteiger partial charge < -0.3 is 20.5 Å². The fourth-order valence-electron chi connectivity index (χ4n) is 2.60. The van der Waals surface area contributed by atoms with Crippen LogP contribution >= 0.6 is 0 Å². The van der Waals surface area contributed by atoms with E-state index in [0.717, 1.165) is 5.56 Å². The van der Waals surface area contributed by atoms with Crippen molar-refractivity contribution in [2.45, 2.75) is 24.8 Å². The number of benzene rings is 1. The number of nitrogens with one attached hydrogen (secondary N) is 1. The topological polar surface area (TPSA) is 73.6 Å². The molecule has 5 nitrogen and oxygen atoms in total. The molecule has 3 rings (SSSR count). The Morgan fingerprint density at radius 1 is 1.37 bits per heavy atom. The monoisotopic (exact) mass is 262 g/mol. The lowest BCUT2D eigenvalue weighted by Crippen LogP contribution is -2.64. The number of carbonyl (C=O) groups excluding carboxylic acids is 1. The minimum absolute atomic E-state index is 0.0724. The maximum absolute atomic E-state index is 11.4. The molecule has 0 radical (unpaired) electrons. The van der Waals surface area contributed by atoms with E-state index < -0.39 is 0 Å². The van der Waals surface area contributed by atoms with Crippen molar-refractivity contribution in [3.63, 3.8) is 0 Å². The molecule has 1 amide bonds. The Balaban J connectivity index is 2.02. The molecule has 0 spiro atoms. The number of rotatable bonds is 2. The smallest absolute Gasteiger partial charge is 0.262 e. The molecule has 3 N–H and O–H groups in total. The molecule has 1 saturated heterocycles. The van der Waals surface area contributed by atoms with Crippen LogP contribution in [0.4, 0.5) is 5.69 Å². The predicted octanol–water partition coefficient (Wildman–Crippen LogP) is 1.02. The molecule has 1 aromatic carbocycles. The molecule has 5 heteroatoms. The average molecular weight is 262 g/mol. The van der Waals surface area contributed by atoms with Crippen LogP contribution in [0.15, 0.2) is 18.2 Å². The van der Waals surface area contributed by atoms with Crippen LogP contribution in [0.5, 0.6) is 5.75 Å². The standard InChI is InChI=1S/C14H18N2O3/c1-13(2,15)14(7-18-8-14)9-3-4-11-10(5-9)16-12(17)6-19-11/h3-5H,6-8,15H2,1-2H3,(H,16,17). The summed E-state index contributed by atoms with van der Waals surface area (Å²) in [5.74, 6) is 0.573. The fourth-order valence-corrected chi connectivity index (χ4v) is 2.60. The Labute approximate surface area is 112 Å². The molecule has 1 aromatic rings. The van der Waals surface area contributed by atoms with Gasteiger partial charge in [0.15, 0.2) is 6.61 Å². The van der Waals surface area contributed by atoms with Crippen molar-refractivity contribution >= 4 is 11.6 Å². The zero-order chi connectivity index (χ0) is 13.7. The van der Waals surface area contributed by atoms with Crippen LogP contribution in [0.25, 0.3) is 0 Å². The van der Waals surface area contributed by atoms with Crippen LogP contribution in [0.2, 0.25) is 0 Å². The summed E-state index contributed by atoms with van der Waals surface area (Å²) < 4.78 is 10.8. The van der Waals surface area contributed by atoms with Crippen molar-refractivity contribution in [2.75, 3.05) is 25.1 Å². The van der Waals surface area contributed by atoms with Crippen molar-refractivity contribution in [3.8, 4) is 5.75 Å². The third kappa shape index (κ3) is 1.81. The Kier molecular flexibility index (Phi) is 2.59. The van der Waals surface area contributed by atoms with Crippen molar-refractivity contribution in [3.05, 3.63) is 23.8 Å². The molecule has 0 aliphatic carbocycles. The van der Waals surface area contributed by atoms with Crippen LogP contribution in [-0.2, 0) is 14.9 Å². The van der Waals surface area contributed by atoms with Crippen LogP contribution in [0, 0.1) is 0 Å². The second-order valence-electron chi connectivity index (χ2n) is 5.84. The highest BCUT2D eigenvalue weighted by molar-refractivity contribution is 5.95. The highest BCUT2D eigenvalue weighted by Crippen LogP contribution is 2.43. The minimum atomic E-state index is -0.390. The van der Waals surface area contributed by atoms with Gasteiger partial charge >= 0.3 is 0 Å². The van der Waals surface area contributed by atoms with Gasteiger partial charge in [-0.1, -0.05) is 6.07 Å². The van der Waals surface area contributed by atoms with Gasteiger partial charge in [-0.05, 0) is 31.5 Å². The number of amides is 1. The number of hydrogen-bond acceptors (Lipinski definition) is 4. The summed E-state index contributed by atoms with van der Waals surface area (Å²) in [6.07, 6.45) is 0. The van der Waals surface area contributed by atoms with Crippen molar-refractivity contribution < 1.29 is 14.3 Å². The maximum Gasteiger partial charge on any atom is 0.262 e. The van der Waals surface area contributed by atoms with Gasteiger partial charge in [0, 0.05) is 5.54 Å². The van der Waals surface area contributed by atoms with Gasteiger partial charge in [0.2, 0.25) is 0 Å². The van der Waals surface area contributed by atoms with E-state index >= 15 is 0 Å². The maximum atomic E-state index is 11.4. The summed E-state index contributed by atoms with van der Waals surface area (Å²) >= 11 is 0. The first kappa shape index (κ1) is 12.4. The van der Waals surface area contributed by atoms with Crippen molar-refractivity contribution in [2.24, 2.45) is 5.73 Å². The SMILES string of the molecule is CC(C)(N)C1(c2ccc3c(c2)NC(=O)CO3)COC1. The third-order valence-electron chi connectivity index (χ3n) is 4.10. The normalized spacial score (nSPS) is 20.9. The lowest BCUT2D eigenvalue weighted by Gasteiger charge is -2.51. The molecule has 0 bridgehead atoms. The molecule has 2 heterocycles. The molecule has 19 heavy (non-hydrogen) atoms. The molecule has 2 aliphatic heterocycles. The van der Waals surface area contributed by atoms with Gasteiger partial charge in [-0.25, -0.2) is 0 Å². The first-order chi connectivity index (χ1) is 8.92. The Hall–Kier alpha value is -1.59. The first-order valence-corrected chi connectivity index (χ1v) is 6.36. The van der Waals surface area contributed by atoms with E-state index in [1.165, 1.54) is 0 Å². The van der Waals surface area contributed by atoms with Crippen LogP contribution < -0.4 is 15.8 Å². The highest BCUT2D eigenvalue weighted by Gasteiger charge is 2.50. The summed E-state index contributed by atoms with van der Waals surface area (Å²) in [4.78, 5) is 11.4. The quantitative estimate of drug-likeness (QED) is 0.834. The Bertz CT molecular complexity index is 530. The zero-order valence-corrected chi connectivity index (χ0v) is 11.2. The predicted molar refractivity (Wildman–Crippen MR) is 71.3 cm³/mol. The fraction of sp³-hybridized carbons (Fsp3) is 0.500. The average Bonchev–Trinajstić information content (AvgIpc) is 2.24. The molecule has 0 atom stereocenters. The molecule has 0 saturated carbocycles. The summed E-state index contributed by atoms with van der Waals surface area (Å²) in [6, 6.07) is 5.84. The van der Waals surface area contributed by atoms with Crippen molar-refractivity contribution in [1.82, 2.24) is 0 Å². The second-order valence-corrected chi connectivity index (χ2v) is 5.84. The number of carbonyl (C=O) groups is 1.